The van der Waals surface area contributed by atoms with E-state index in [4.69, 9.17) is 15.2 Å². The van der Waals surface area contributed by atoms with Crippen LogP contribution in [0.2, 0.25) is 0 Å². The maximum atomic E-state index is 5.83. The van der Waals surface area contributed by atoms with Crippen LogP contribution in [0.25, 0.3) is 0 Å². The van der Waals surface area contributed by atoms with Crippen LogP contribution in [0, 0.1) is 0 Å². The lowest BCUT2D eigenvalue weighted by Gasteiger charge is -2.30. The summed E-state index contributed by atoms with van der Waals surface area (Å²) in [5.41, 5.74) is 8.22. The Bertz CT molecular complexity index is 435. The molecule has 1 aromatic heterocycles. The molecule has 2 atom stereocenters. The van der Waals surface area contributed by atoms with Crippen molar-refractivity contribution in [1.29, 1.82) is 0 Å². The first-order valence-electron chi connectivity index (χ1n) is 7.10. The van der Waals surface area contributed by atoms with E-state index in [1.54, 1.807) is 7.11 Å². The molecular weight excluding hydrogens is 254 g/mol. The minimum atomic E-state index is 0.184. The number of rotatable bonds is 5. The second-order valence-electron chi connectivity index (χ2n) is 5.68. The van der Waals surface area contributed by atoms with Crippen molar-refractivity contribution in [2.24, 2.45) is 0 Å². The summed E-state index contributed by atoms with van der Waals surface area (Å²) in [7, 11) is 5.81. The molecule has 1 saturated heterocycles. The zero-order valence-corrected chi connectivity index (χ0v) is 12.6. The summed E-state index contributed by atoms with van der Waals surface area (Å²) in [6, 6.07) is 4.02. The largest absolute Gasteiger partial charge is 0.384 e. The van der Waals surface area contributed by atoms with E-state index in [0.717, 1.165) is 31.7 Å². The van der Waals surface area contributed by atoms with Crippen molar-refractivity contribution >= 4 is 5.82 Å². The van der Waals surface area contributed by atoms with Gasteiger partial charge in [-0.05, 0) is 44.5 Å². The Kier molecular flexibility index (Phi) is 5.34. The minimum Gasteiger partial charge on any atom is -0.384 e. The highest BCUT2D eigenvalue weighted by Crippen LogP contribution is 2.32. The van der Waals surface area contributed by atoms with Crippen LogP contribution in [0.1, 0.15) is 30.0 Å². The Hall–Kier alpha value is -1.17. The topological polar surface area (TPSA) is 60.6 Å². The summed E-state index contributed by atoms with van der Waals surface area (Å²) in [4.78, 5) is 6.65. The summed E-state index contributed by atoms with van der Waals surface area (Å²) >= 11 is 0. The molecule has 5 nitrogen and oxygen atoms in total. The Balaban J connectivity index is 2.18. The highest BCUT2D eigenvalue weighted by molar-refractivity contribution is 5.36. The molecular formula is C15H25N3O2. The lowest BCUT2D eigenvalue weighted by atomic mass is 9.87. The molecule has 0 saturated carbocycles. The summed E-state index contributed by atoms with van der Waals surface area (Å²) in [6.07, 6.45) is 2.20. The molecule has 20 heavy (non-hydrogen) atoms. The molecule has 0 aliphatic carbocycles. The molecule has 0 bridgehead atoms. The average Bonchev–Trinajstić information content (AvgIpc) is 2.39. The van der Waals surface area contributed by atoms with Gasteiger partial charge >= 0.3 is 0 Å². The Labute approximate surface area is 121 Å². The molecule has 2 N–H and O–H groups in total. The number of hydrogen-bond donors (Lipinski definition) is 1. The van der Waals surface area contributed by atoms with Gasteiger partial charge in [0.15, 0.2) is 0 Å². The predicted molar refractivity (Wildman–Crippen MR) is 79.6 cm³/mol. The fourth-order valence-corrected chi connectivity index (χ4v) is 2.79. The number of nitrogen functional groups attached to an aromatic ring is 1. The van der Waals surface area contributed by atoms with E-state index < -0.39 is 0 Å². The summed E-state index contributed by atoms with van der Waals surface area (Å²) < 4.78 is 10.9. The molecule has 2 unspecified atom stereocenters. The number of hydrogen-bond acceptors (Lipinski definition) is 5. The van der Waals surface area contributed by atoms with Crippen molar-refractivity contribution < 1.29 is 9.47 Å². The molecule has 1 aliphatic rings. The Morgan fingerprint density at radius 3 is 2.95 bits per heavy atom. The zero-order valence-electron chi connectivity index (χ0n) is 12.6. The lowest BCUT2D eigenvalue weighted by molar-refractivity contribution is -0.0361. The van der Waals surface area contributed by atoms with Crippen LogP contribution in [0.5, 0.6) is 0 Å². The minimum absolute atomic E-state index is 0.184. The molecule has 1 aliphatic heterocycles. The zero-order chi connectivity index (χ0) is 14.5. The van der Waals surface area contributed by atoms with Gasteiger partial charge in [-0.2, -0.15) is 0 Å². The number of anilines is 1. The van der Waals surface area contributed by atoms with Crippen LogP contribution in [0.3, 0.4) is 0 Å². The molecule has 0 amide bonds. The smallest absolute Gasteiger partial charge is 0.123 e. The first-order chi connectivity index (χ1) is 9.60. The molecule has 0 spiro atoms. The SMILES string of the molecule is COCC1CC(c2ccc(N)nc2CN(C)C)CCO1. The van der Waals surface area contributed by atoms with Crippen molar-refractivity contribution in [3.8, 4) is 0 Å². The van der Waals surface area contributed by atoms with Crippen LogP contribution in [-0.4, -0.2) is 50.4 Å². The van der Waals surface area contributed by atoms with E-state index in [9.17, 15) is 0 Å². The molecule has 2 heterocycles. The summed E-state index contributed by atoms with van der Waals surface area (Å²) in [5.74, 6) is 1.07. The first-order valence-corrected chi connectivity index (χ1v) is 7.10. The number of nitrogens with two attached hydrogens (primary N) is 1. The normalized spacial score (nSPS) is 23.2. The molecule has 112 valence electrons. The highest BCUT2D eigenvalue weighted by Gasteiger charge is 2.26. The van der Waals surface area contributed by atoms with Gasteiger partial charge < -0.3 is 20.1 Å². The average molecular weight is 279 g/mol. The number of methoxy groups -OCH3 is 1. The maximum Gasteiger partial charge on any atom is 0.123 e. The van der Waals surface area contributed by atoms with E-state index in [2.05, 4.69) is 16.0 Å². The van der Waals surface area contributed by atoms with E-state index >= 15 is 0 Å². The number of nitrogens with zero attached hydrogens (tertiary/aromatic N) is 2. The van der Waals surface area contributed by atoms with Crippen molar-refractivity contribution in [2.75, 3.05) is 40.2 Å². The second-order valence-corrected chi connectivity index (χ2v) is 5.68. The Morgan fingerprint density at radius 1 is 1.45 bits per heavy atom. The molecule has 0 aromatic carbocycles. The first kappa shape index (κ1) is 15.2. The van der Waals surface area contributed by atoms with Gasteiger partial charge in [0.05, 0.1) is 18.4 Å². The van der Waals surface area contributed by atoms with Crippen LogP contribution in [0.15, 0.2) is 12.1 Å². The third-order valence-corrected chi connectivity index (χ3v) is 3.66. The van der Waals surface area contributed by atoms with Gasteiger partial charge in [-0.25, -0.2) is 4.98 Å². The van der Waals surface area contributed by atoms with Gasteiger partial charge in [0.2, 0.25) is 0 Å². The van der Waals surface area contributed by atoms with Gasteiger partial charge in [0.25, 0.3) is 0 Å². The fraction of sp³-hybridized carbons (Fsp3) is 0.667. The van der Waals surface area contributed by atoms with Gasteiger partial charge in [-0.3, -0.25) is 0 Å². The standard InChI is InChI=1S/C15H25N3O2/c1-18(2)9-14-13(4-5-15(16)17-14)11-6-7-20-12(8-11)10-19-3/h4-5,11-12H,6-10H2,1-3H3,(H2,16,17). The van der Waals surface area contributed by atoms with Crippen molar-refractivity contribution in [1.82, 2.24) is 9.88 Å². The third-order valence-electron chi connectivity index (χ3n) is 3.66. The van der Waals surface area contributed by atoms with E-state index in [1.165, 1.54) is 5.56 Å². The maximum absolute atomic E-state index is 5.83. The van der Waals surface area contributed by atoms with Crippen LogP contribution >= 0.6 is 0 Å². The number of aromatic nitrogens is 1. The highest BCUT2D eigenvalue weighted by atomic mass is 16.5. The number of pyridine rings is 1. The van der Waals surface area contributed by atoms with Crippen molar-refractivity contribution in [3.63, 3.8) is 0 Å². The third kappa shape index (κ3) is 3.91. The van der Waals surface area contributed by atoms with Crippen LogP contribution < -0.4 is 5.73 Å². The molecule has 1 aromatic rings. The van der Waals surface area contributed by atoms with Crippen LogP contribution in [0.4, 0.5) is 5.82 Å². The molecule has 0 radical (unpaired) electrons. The van der Waals surface area contributed by atoms with Crippen LogP contribution in [-0.2, 0) is 16.0 Å². The van der Waals surface area contributed by atoms with Gasteiger partial charge in [0, 0.05) is 20.3 Å². The van der Waals surface area contributed by atoms with Gasteiger partial charge in [-0.15, -0.1) is 0 Å². The van der Waals surface area contributed by atoms with E-state index in [0.29, 0.717) is 18.3 Å². The molecule has 1 fully saturated rings. The predicted octanol–water partition coefficient (Wildman–Crippen LogP) is 1.63. The Morgan fingerprint density at radius 2 is 2.25 bits per heavy atom. The van der Waals surface area contributed by atoms with Crippen molar-refractivity contribution in [2.45, 2.75) is 31.4 Å². The van der Waals surface area contributed by atoms with E-state index in [-0.39, 0.29) is 6.10 Å². The van der Waals surface area contributed by atoms with Gasteiger partial charge in [0.1, 0.15) is 5.82 Å². The molecule has 5 heteroatoms. The lowest BCUT2D eigenvalue weighted by Crippen LogP contribution is -2.29. The fourth-order valence-electron chi connectivity index (χ4n) is 2.79. The summed E-state index contributed by atoms with van der Waals surface area (Å²) in [5, 5.41) is 0. The quantitative estimate of drug-likeness (QED) is 0.887. The second kappa shape index (κ2) is 7.02. The number of ether oxygens (including phenoxy) is 2. The van der Waals surface area contributed by atoms with Gasteiger partial charge in [-0.1, -0.05) is 6.07 Å². The van der Waals surface area contributed by atoms with E-state index in [1.807, 2.05) is 20.2 Å². The van der Waals surface area contributed by atoms with Crippen molar-refractivity contribution in [3.05, 3.63) is 23.4 Å². The molecule has 2 rings (SSSR count). The monoisotopic (exact) mass is 279 g/mol. The summed E-state index contributed by atoms with van der Waals surface area (Å²) in [6.45, 7) is 2.25.